The standard InChI is InChI=1S/C42H30F6N2O4/c1-51-25-7-11-29-30-12-8-26(52-2)20-38(30)49(37(29)19-25)23-5-15-35(41(43,44)45)33(17-23)34-18-24(6-16-36(34)42(46,47)48)50-39-21-27(53-3)9-13-31(39)32-14-10-28(54-4)22-40(32)50/h5-22H,1-4H3. The first-order valence-corrected chi connectivity index (χ1v) is 16.6. The number of hydrogen-bond donors (Lipinski definition) is 0. The van der Waals surface area contributed by atoms with Crippen molar-refractivity contribution >= 4 is 43.6 Å². The van der Waals surface area contributed by atoms with E-state index in [1.807, 2.05) is 24.3 Å². The zero-order valence-corrected chi connectivity index (χ0v) is 29.2. The van der Waals surface area contributed by atoms with E-state index < -0.39 is 34.6 Å². The molecule has 274 valence electrons. The number of benzene rings is 6. The van der Waals surface area contributed by atoms with Crippen LogP contribution in [-0.4, -0.2) is 37.6 Å². The first kappa shape index (κ1) is 34.8. The molecule has 0 aliphatic carbocycles. The summed E-state index contributed by atoms with van der Waals surface area (Å²) in [5, 5.41) is 3.02. The van der Waals surface area contributed by atoms with Gasteiger partial charge in [-0.25, -0.2) is 0 Å². The van der Waals surface area contributed by atoms with Crippen molar-refractivity contribution in [1.82, 2.24) is 9.13 Å². The molecule has 0 aliphatic rings. The minimum Gasteiger partial charge on any atom is -0.497 e. The maximum absolute atomic E-state index is 14.9. The number of rotatable bonds is 7. The Hall–Kier alpha value is -6.30. The van der Waals surface area contributed by atoms with Crippen LogP contribution in [0.4, 0.5) is 26.3 Å². The van der Waals surface area contributed by atoms with E-state index in [0.717, 1.165) is 45.8 Å². The lowest BCUT2D eigenvalue weighted by Gasteiger charge is -2.21. The van der Waals surface area contributed by atoms with Crippen LogP contribution in [0.15, 0.2) is 109 Å². The number of aromatic nitrogens is 2. The Balaban J connectivity index is 1.46. The highest BCUT2D eigenvalue weighted by Gasteiger charge is 2.39. The third kappa shape index (κ3) is 5.60. The van der Waals surface area contributed by atoms with E-state index in [1.165, 1.54) is 40.6 Å². The second-order valence-electron chi connectivity index (χ2n) is 12.7. The fourth-order valence-corrected chi connectivity index (χ4v) is 7.30. The number of halogens is 6. The highest BCUT2D eigenvalue weighted by molar-refractivity contribution is 6.11. The van der Waals surface area contributed by atoms with Crippen molar-refractivity contribution in [2.45, 2.75) is 12.4 Å². The van der Waals surface area contributed by atoms with Crippen molar-refractivity contribution < 1.29 is 45.3 Å². The molecule has 0 radical (unpaired) electrons. The van der Waals surface area contributed by atoms with Crippen LogP contribution in [0, 0.1) is 0 Å². The van der Waals surface area contributed by atoms with Gasteiger partial charge in [0.05, 0.1) is 61.6 Å². The third-order valence-electron chi connectivity index (χ3n) is 9.79. The Morgan fingerprint density at radius 3 is 0.889 bits per heavy atom. The Bertz CT molecular complexity index is 2450. The molecule has 0 spiro atoms. The quantitative estimate of drug-likeness (QED) is 0.153. The minimum atomic E-state index is -5.01. The molecule has 2 aromatic heterocycles. The largest absolute Gasteiger partial charge is 0.497 e. The summed E-state index contributed by atoms with van der Waals surface area (Å²) in [5.41, 5.74) is -1.07. The lowest BCUT2D eigenvalue weighted by atomic mass is 9.93. The van der Waals surface area contributed by atoms with Gasteiger partial charge >= 0.3 is 12.4 Å². The predicted octanol–water partition coefficient (Wildman–Crippen LogP) is 11.6. The van der Waals surface area contributed by atoms with Crippen molar-refractivity contribution in [1.29, 1.82) is 0 Å². The fraction of sp³-hybridized carbons (Fsp3) is 0.143. The van der Waals surface area contributed by atoms with Crippen LogP contribution < -0.4 is 18.9 Å². The van der Waals surface area contributed by atoms with Gasteiger partial charge in [-0.15, -0.1) is 0 Å². The average molecular weight is 741 g/mol. The summed E-state index contributed by atoms with van der Waals surface area (Å²) >= 11 is 0. The summed E-state index contributed by atoms with van der Waals surface area (Å²) in [6, 6.07) is 27.7. The van der Waals surface area contributed by atoms with E-state index in [2.05, 4.69) is 0 Å². The predicted molar refractivity (Wildman–Crippen MR) is 197 cm³/mol. The second kappa shape index (κ2) is 12.7. The van der Waals surface area contributed by atoms with Gasteiger partial charge in [-0.3, -0.25) is 0 Å². The molecule has 0 atom stereocenters. The fourth-order valence-electron chi connectivity index (χ4n) is 7.30. The monoisotopic (exact) mass is 740 g/mol. The van der Waals surface area contributed by atoms with Gasteiger partial charge in [0.25, 0.3) is 0 Å². The third-order valence-corrected chi connectivity index (χ3v) is 9.79. The highest BCUT2D eigenvalue weighted by Crippen LogP contribution is 2.46. The Labute approximate surface area is 304 Å². The van der Waals surface area contributed by atoms with Gasteiger partial charge in [-0.2, -0.15) is 26.3 Å². The van der Waals surface area contributed by atoms with E-state index in [-0.39, 0.29) is 11.4 Å². The number of fused-ring (bicyclic) bond motifs is 6. The summed E-state index contributed by atoms with van der Waals surface area (Å²) in [6.07, 6.45) is -10.0. The molecule has 0 bridgehead atoms. The molecular formula is C42H30F6N2O4. The van der Waals surface area contributed by atoms with Crippen LogP contribution in [0.25, 0.3) is 66.1 Å². The Morgan fingerprint density at radius 1 is 0.370 bits per heavy atom. The first-order valence-electron chi connectivity index (χ1n) is 16.6. The zero-order chi connectivity index (χ0) is 38.1. The summed E-state index contributed by atoms with van der Waals surface area (Å²) in [7, 11) is 5.95. The molecule has 8 aromatic rings. The van der Waals surface area contributed by atoms with E-state index >= 15 is 0 Å². The van der Waals surface area contributed by atoms with Crippen LogP contribution in [0.2, 0.25) is 0 Å². The molecule has 12 heteroatoms. The second-order valence-corrected chi connectivity index (χ2v) is 12.7. The van der Waals surface area contributed by atoms with Crippen LogP contribution in [0.5, 0.6) is 23.0 Å². The molecule has 54 heavy (non-hydrogen) atoms. The summed E-state index contributed by atoms with van der Waals surface area (Å²) in [6.45, 7) is 0. The number of alkyl halides is 6. The lowest BCUT2D eigenvalue weighted by Crippen LogP contribution is -2.12. The van der Waals surface area contributed by atoms with Gasteiger partial charge in [0.1, 0.15) is 23.0 Å². The number of methoxy groups -OCH3 is 4. The molecule has 0 saturated heterocycles. The molecule has 0 fully saturated rings. The molecule has 0 amide bonds. The molecule has 6 nitrogen and oxygen atoms in total. The molecule has 2 heterocycles. The molecule has 0 saturated carbocycles. The molecule has 8 rings (SSSR count). The van der Waals surface area contributed by atoms with Crippen LogP contribution in [0.3, 0.4) is 0 Å². The maximum atomic E-state index is 14.9. The van der Waals surface area contributed by atoms with Crippen molar-refractivity contribution in [2.75, 3.05) is 28.4 Å². The molecule has 0 aliphatic heterocycles. The minimum absolute atomic E-state index is 0.198. The molecular weight excluding hydrogens is 710 g/mol. The normalized spacial score (nSPS) is 12.3. The Morgan fingerprint density at radius 2 is 0.648 bits per heavy atom. The van der Waals surface area contributed by atoms with Gasteiger partial charge in [0.15, 0.2) is 0 Å². The van der Waals surface area contributed by atoms with Gasteiger partial charge in [0.2, 0.25) is 0 Å². The maximum Gasteiger partial charge on any atom is 0.417 e. The van der Waals surface area contributed by atoms with E-state index in [4.69, 9.17) is 18.9 Å². The van der Waals surface area contributed by atoms with Gasteiger partial charge in [-0.05, 0) is 96.1 Å². The smallest absolute Gasteiger partial charge is 0.417 e. The van der Waals surface area contributed by atoms with Gasteiger partial charge in [-0.1, -0.05) is 0 Å². The van der Waals surface area contributed by atoms with Crippen LogP contribution in [0.1, 0.15) is 11.1 Å². The molecule has 0 unspecified atom stereocenters. The van der Waals surface area contributed by atoms with Crippen molar-refractivity contribution in [2.24, 2.45) is 0 Å². The van der Waals surface area contributed by atoms with Gasteiger partial charge < -0.3 is 28.1 Å². The van der Waals surface area contributed by atoms with Gasteiger partial charge in [0, 0.05) is 57.2 Å². The Kier molecular flexibility index (Phi) is 8.16. The van der Waals surface area contributed by atoms with Crippen LogP contribution >= 0.6 is 0 Å². The van der Waals surface area contributed by atoms with Crippen molar-refractivity contribution in [3.63, 3.8) is 0 Å². The van der Waals surface area contributed by atoms with Crippen molar-refractivity contribution in [3.8, 4) is 45.5 Å². The summed E-state index contributed by atoms with van der Waals surface area (Å²) in [5.74, 6) is 1.93. The van der Waals surface area contributed by atoms with E-state index in [0.29, 0.717) is 45.1 Å². The zero-order valence-electron chi connectivity index (χ0n) is 29.2. The van der Waals surface area contributed by atoms with Crippen molar-refractivity contribution in [3.05, 3.63) is 120 Å². The number of ether oxygens (including phenoxy) is 4. The summed E-state index contributed by atoms with van der Waals surface area (Å²) in [4.78, 5) is 0. The number of hydrogen-bond acceptors (Lipinski definition) is 4. The topological polar surface area (TPSA) is 46.8 Å². The summed E-state index contributed by atoms with van der Waals surface area (Å²) < 4.78 is 115. The van der Waals surface area contributed by atoms with E-state index in [9.17, 15) is 26.3 Å². The SMILES string of the molecule is COc1ccc2c3ccc(OC)cc3n(-c3ccc(C(F)(F)F)c(-c4cc(-n5c6cc(OC)ccc6c6ccc(OC)cc65)ccc4C(F)(F)F)c3)c2c1. The lowest BCUT2D eigenvalue weighted by molar-refractivity contribution is -0.139. The van der Waals surface area contributed by atoms with E-state index in [1.54, 1.807) is 57.7 Å². The highest BCUT2D eigenvalue weighted by atomic mass is 19.4. The average Bonchev–Trinajstić information content (AvgIpc) is 3.67. The van der Waals surface area contributed by atoms with Crippen LogP contribution in [-0.2, 0) is 12.4 Å². The number of nitrogens with zero attached hydrogens (tertiary/aromatic N) is 2. The first-order chi connectivity index (χ1) is 25.8. The molecule has 0 N–H and O–H groups in total. The molecule has 6 aromatic carbocycles.